The van der Waals surface area contributed by atoms with Crippen molar-refractivity contribution in [2.24, 2.45) is 0 Å². The van der Waals surface area contributed by atoms with Crippen molar-refractivity contribution in [2.45, 2.75) is 5.41 Å². The number of para-hydroxylation sites is 2. The molecule has 0 unspecified atom stereocenters. The maximum Gasteiger partial charge on any atom is 0.136 e. The Bertz CT molecular complexity index is 3790. The van der Waals surface area contributed by atoms with E-state index in [0.717, 1.165) is 66.8 Å². The summed E-state index contributed by atoms with van der Waals surface area (Å²) in [6.45, 7) is 0. The zero-order valence-corrected chi connectivity index (χ0v) is 37.8. The van der Waals surface area contributed by atoms with Crippen molar-refractivity contribution in [3.05, 3.63) is 295 Å². The standard InChI is InChI=1S/C67H45NO/c1-4-19-46(20-5-1)47-37-39-48(40-38-47)49-21-16-27-54(43-49)68(63-35-14-11-29-56(63)51-41-42-59-58-30-12-15-36-64(58)69-65(59)45-51)55-28-17-22-50(44-55)57-32-18-34-62-66(57)60-31-10-13-33-61(60)67(62,52-23-6-2-7-24-52)53-25-8-3-9-26-53/h1-45H. The van der Waals surface area contributed by atoms with E-state index in [9.17, 15) is 0 Å². The van der Waals surface area contributed by atoms with Gasteiger partial charge in [0.2, 0.25) is 0 Å². The molecule has 324 valence electrons. The highest BCUT2D eigenvalue weighted by Gasteiger charge is 2.46. The van der Waals surface area contributed by atoms with E-state index in [2.05, 4.69) is 266 Å². The van der Waals surface area contributed by atoms with Gasteiger partial charge in [0.25, 0.3) is 0 Å². The van der Waals surface area contributed by atoms with Gasteiger partial charge < -0.3 is 9.32 Å². The second-order valence-corrected chi connectivity index (χ2v) is 18.0. The van der Waals surface area contributed by atoms with Crippen molar-refractivity contribution >= 4 is 39.0 Å². The average molecular weight is 880 g/mol. The first-order valence-electron chi connectivity index (χ1n) is 23.7. The van der Waals surface area contributed by atoms with E-state index in [1.54, 1.807) is 0 Å². The Hall–Kier alpha value is -8.98. The highest BCUT2D eigenvalue weighted by Crippen LogP contribution is 2.58. The van der Waals surface area contributed by atoms with E-state index in [-0.39, 0.29) is 0 Å². The van der Waals surface area contributed by atoms with Crippen LogP contribution in [0.2, 0.25) is 0 Å². The molecule has 2 nitrogen and oxygen atoms in total. The Balaban J connectivity index is 0.996. The Morgan fingerprint density at radius 2 is 0.768 bits per heavy atom. The minimum Gasteiger partial charge on any atom is -0.456 e. The fourth-order valence-electron chi connectivity index (χ4n) is 11.1. The minimum absolute atomic E-state index is 0.492. The summed E-state index contributed by atoms with van der Waals surface area (Å²) in [7, 11) is 0. The predicted molar refractivity (Wildman–Crippen MR) is 287 cm³/mol. The zero-order chi connectivity index (χ0) is 45.7. The van der Waals surface area contributed by atoms with Gasteiger partial charge in [0, 0.05) is 27.7 Å². The molecule has 0 radical (unpaired) electrons. The van der Waals surface area contributed by atoms with Crippen molar-refractivity contribution in [3.63, 3.8) is 0 Å². The van der Waals surface area contributed by atoms with Gasteiger partial charge in [-0.2, -0.15) is 0 Å². The van der Waals surface area contributed by atoms with Crippen LogP contribution < -0.4 is 4.90 Å². The Labute approximate surface area is 402 Å². The van der Waals surface area contributed by atoms with Gasteiger partial charge in [-0.15, -0.1) is 0 Å². The highest BCUT2D eigenvalue weighted by molar-refractivity contribution is 6.06. The smallest absolute Gasteiger partial charge is 0.136 e. The third-order valence-electron chi connectivity index (χ3n) is 14.2. The van der Waals surface area contributed by atoms with Crippen molar-refractivity contribution in [2.75, 3.05) is 4.90 Å². The van der Waals surface area contributed by atoms with Crippen LogP contribution in [0.5, 0.6) is 0 Å². The molecule has 0 N–H and O–H groups in total. The van der Waals surface area contributed by atoms with Gasteiger partial charge in [-0.25, -0.2) is 0 Å². The molecule has 0 aliphatic heterocycles. The van der Waals surface area contributed by atoms with Crippen LogP contribution in [0.1, 0.15) is 22.3 Å². The molecule has 0 bridgehead atoms. The lowest BCUT2D eigenvalue weighted by Crippen LogP contribution is -2.28. The molecule has 0 saturated carbocycles. The summed E-state index contributed by atoms with van der Waals surface area (Å²) < 4.78 is 6.47. The summed E-state index contributed by atoms with van der Waals surface area (Å²) in [5, 5.41) is 2.24. The molecule has 69 heavy (non-hydrogen) atoms. The number of anilines is 3. The van der Waals surface area contributed by atoms with Gasteiger partial charge in [-0.05, 0) is 121 Å². The van der Waals surface area contributed by atoms with Crippen LogP contribution in [0.3, 0.4) is 0 Å². The van der Waals surface area contributed by atoms with Crippen LogP contribution in [-0.2, 0) is 5.41 Å². The van der Waals surface area contributed by atoms with E-state index >= 15 is 0 Å². The summed E-state index contributed by atoms with van der Waals surface area (Å²) in [5.74, 6) is 0. The van der Waals surface area contributed by atoms with Crippen LogP contribution in [0, 0.1) is 0 Å². The van der Waals surface area contributed by atoms with Gasteiger partial charge in [-0.1, -0.05) is 224 Å². The molecule has 1 aliphatic rings. The molecule has 13 rings (SSSR count). The van der Waals surface area contributed by atoms with Crippen LogP contribution in [-0.4, -0.2) is 0 Å². The summed E-state index contributed by atoms with van der Waals surface area (Å²) in [4.78, 5) is 2.43. The Kier molecular flexibility index (Phi) is 9.77. The topological polar surface area (TPSA) is 16.4 Å². The number of benzene rings is 11. The van der Waals surface area contributed by atoms with Gasteiger partial charge in [-0.3, -0.25) is 0 Å². The average Bonchev–Trinajstić information content (AvgIpc) is 3.96. The Morgan fingerprint density at radius 1 is 0.290 bits per heavy atom. The molecular formula is C67H45NO. The van der Waals surface area contributed by atoms with Crippen LogP contribution in [0.15, 0.2) is 277 Å². The molecule has 0 saturated heterocycles. The quantitative estimate of drug-likeness (QED) is 0.144. The van der Waals surface area contributed by atoms with Gasteiger partial charge in [0.15, 0.2) is 0 Å². The molecule has 1 aromatic heterocycles. The Morgan fingerprint density at radius 3 is 1.51 bits per heavy atom. The second-order valence-electron chi connectivity index (χ2n) is 18.0. The molecule has 1 heterocycles. The lowest BCUT2D eigenvalue weighted by Gasteiger charge is -2.34. The summed E-state index contributed by atoms with van der Waals surface area (Å²) in [6.07, 6.45) is 0. The lowest BCUT2D eigenvalue weighted by atomic mass is 9.67. The third kappa shape index (κ3) is 6.72. The minimum atomic E-state index is -0.492. The van der Waals surface area contributed by atoms with E-state index in [4.69, 9.17) is 4.42 Å². The van der Waals surface area contributed by atoms with E-state index < -0.39 is 5.41 Å². The van der Waals surface area contributed by atoms with Crippen molar-refractivity contribution < 1.29 is 4.42 Å². The summed E-state index contributed by atoms with van der Waals surface area (Å²) in [5.41, 5.74) is 21.3. The summed E-state index contributed by atoms with van der Waals surface area (Å²) >= 11 is 0. The van der Waals surface area contributed by atoms with Crippen molar-refractivity contribution in [1.29, 1.82) is 0 Å². The van der Waals surface area contributed by atoms with Gasteiger partial charge >= 0.3 is 0 Å². The van der Waals surface area contributed by atoms with E-state index in [1.165, 1.54) is 50.1 Å². The third-order valence-corrected chi connectivity index (χ3v) is 14.2. The number of furan rings is 1. The SMILES string of the molecule is c1ccc(-c2ccc(-c3cccc(N(c4cccc(-c5cccc6c5-c5ccccc5C6(c5ccccc5)c5ccccc5)c4)c4ccccc4-c4ccc5c(c4)oc4ccccc45)c3)cc2)cc1. The maximum absolute atomic E-state index is 6.47. The molecular weight excluding hydrogens is 835 g/mol. The molecule has 11 aromatic carbocycles. The van der Waals surface area contributed by atoms with Crippen molar-refractivity contribution in [3.8, 4) is 55.6 Å². The van der Waals surface area contributed by atoms with Crippen LogP contribution in [0.4, 0.5) is 17.1 Å². The number of hydrogen-bond donors (Lipinski definition) is 0. The monoisotopic (exact) mass is 879 g/mol. The molecule has 12 aromatic rings. The van der Waals surface area contributed by atoms with Crippen LogP contribution >= 0.6 is 0 Å². The molecule has 0 fully saturated rings. The lowest BCUT2D eigenvalue weighted by molar-refractivity contribution is 0.669. The number of hydrogen-bond acceptors (Lipinski definition) is 2. The fraction of sp³-hybridized carbons (Fsp3) is 0.0149. The molecule has 0 amide bonds. The zero-order valence-electron chi connectivity index (χ0n) is 37.8. The fourth-order valence-corrected chi connectivity index (χ4v) is 11.1. The molecule has 1 aliphatic carbocycles. The summed E-state index contributed by atoms with van der Waals surface area (Å²) in [6, 6.07) is 99.3. The van der Waals surface area contributed by atoms with Gasteiger partial charge in [0.1, 0.15) is 11.2 Å². The number of nitrogens with zero attached hydrogens (tertiary/aromatic N) is 1. The normalized spacial score (nSPS) is 12.5. The maximum atomic E-state index is 6.47. The number of rotatable bonds is 9. The molecule has 0 atom stereocenters. The first-order valence-corrected chi connectivity index (χ1v) is 23.7. The predicted octanol–water partition coefficient (Wildman–Crippen LogP) is 18.1. The van der Waals surface area contributed by atoms with E-state index in [1.807, 2.05) is 12.1 Å². The highest BCUT2D eigenvalue weighted by atomic mass is 16.3. The van der Waals surface area contributed by atoms with Crippen LogP contribution in [0.25, 0.3) is 77.6 Å². The largest absolute Gasteiger partial charge is 0.456 e. The number of fused-ring (bicyclic) bond motifs is 6. The molecule has 2 heteroatoms. The van der Waals surface area contributed by atoms with E-state index in [0.29, 0.717) is 0 Å². The second kappa shape index (κ2) is 16.7. The first kappa shape index (κ1) is 40.3. The van der Waals surface area contributed by atoms with Crippen molar-refractivity contribution in [1.82, 2.24) is 0 Å². The first-order chi connectivity index (χ1) is 34.2. The molecule has 0 spiro atoms. The van der Waals surface area contributed by atoms with Gasteiger partial charge in [0.05, 0.1) is 11.1 Å².